The average molecular weight is 692 g/mol. The number of aliphatic hydroxyl groups excluding tert-OH is 1. The first-order chi connectivity index (χ1) is 24.6. The van der Waals surface area contributed by atoms with Gasteiger partial charge in [-0.15, -0.1) is 0 Å². The largest absolute Gasteiger partial charge is 0.507 e. The topological polar surface area (TPSA) is 143 Å². The minimum atomic E-state index is -0.356. The van der Waals surface area contributed by atoms with Gasteiger partial charge in [-0.3, -0.25) is 0 Å². The number of benzene rings is 4. The highest BCUT2D eigenvalue weighted by molar-refractivity contribution is 6.03. The fourth-order valence-corrected chi connectivity index (χ4v) is 10.3. The predicted molar refractivity (Wildman–Crippen MR) is 198 cm³/mol. The van der Waals surface area contributed by atoms with Crippen molar-refractivity contribution >= 4 is 22.9 Å². The second kappa shape index (κ2) is 13.4. The molecule has 4 fully saturated rings. The third-order valence-electron chi connectivity index (χ3n) is 12.8. The molecule has 8 heteroatoms. The van der Waals surface area contributed by atoms with Crippen molar-refractivity contribution in [3.63, 3.8) is 0 Å². The molecular weight excluding hydrogens is 642 g/mol. The lowest BCUT2D eigenvalue weighted by molar-refractivity contribution is -0.270. The number of fused-ring (bicyclic) bond motifs is 2. The second-order valence-corrected chi connectivity index (χ2v) is 15.7. The van der Waals surface area contributed by atoms with E-state index >= 15 is 0 Å². The van der Waals surface area contributed by atoms with Crippen molar-refractivity contribution in [1.82, 2.24) is 5.32 Å². The summed E-state index contributed by atoms with van der Waals surface area (Å²) in [5, 5.41) is 67.8. The van der Waals surface area contributed by atoms with E-state index in [1.54, 1.807) is 30.4 Å². The van der Waals surface area contributed by atoms with Gasteiger partial charge >= 0.3 is 0 Å². The molecule has 0 radical (unpaired) electrons. The van der Waals surface area contributed by atoms with E-state index in [2.05, 4.69) is 29.6 Å². The molecule has 4 aliphatic rings. The van der Waals surface area contributed by atoms with Crippen molar-refractivity contribution in [2.75, 3.05) is 0 Å². The van der Waals surface area contributed by atoms with Crippen LogP contribution in [0.1, 0.15) is 92.0 Å². The van der Waals surface area contributed by atoms with Crippen LogP contribution in [-0.2, 0) is 24.1 Å². The van der Waals surface area contributed by atoms with Crippen LogP contribution in [-0.4, -0.2) is 54.5 Å². The molecule has 2 bridgehead atoms. The fraction of sp³-hybridized carbons (Fsp3) is 0.442. The third-order valence-corrected chi connectivity index (χ3v) is 12.8. The van der Waals surface area contributed by atoms with Gasteiger partial charge in [0.2, 0.25) is 0 Å². The number of phenols is 5. The zero-order chi connectivity index (χ0) is 35.3. The molecule has 6 atom stereocenters. The van der Waals surface area contributed by atoms with Crippen LogP contribution in [0.5, 0.6) is 28.7 Å². The molecule has 8 rings (SSSR count). The minimum absolute atomic E-state index is 0.104. The standard InChI is InChI=1S/C43H49NO7/c45-31-18-20-42(24-31)19-2-3-29-13-14-32-22-30(23-43(29,42)51-32)44-25-28-8-6-26(7-9-28)10-16-35-33(15-11-27-12-17-36(46)38(48)21-27)34-4-1-5-37(47)39(34)41(50)40(35)49/h1,4-9,11-12,15,17,21,29-32,44-50H,2-3,10,13-14,16,18-20,22-25H2. The monoisotopic (exact) mass is 691 g/mol. The van der Waals surface area contributed by atoms with Crippen molar-refractivity contribution in [3.05, 3.63) is 88.5 Å². The first kappa shape index (κ1) is 33.9. The Labute approximate surface area is 299 Å². The summed E-state index contributed by atoms with van der Waals surface area (Å²) in [4.78, 5) is 0. The molecule has 2 spiro atoms. The molecule has 0 amide bonds. The molecule has 0 aromatic heterocycles. The summed E-state index contributed by atoms with van der Waals surface area (Å²) in [6.45, 7) is 0.776. The Balaban J connectivity index is 0.977. The summed E-state index contributed by atoms with van der Waals surface area (Å²) in [6, 6.07) is 18.4. The summed E-state index contributed by atoms with van der Waals surface area (Å²) < 4.78 is 7.04. The molecule has 2 aliphatic heterocycles. The van der Waals surface area contributed by atoms with Gasteiger partial charge in [-0.2, -0.15) is 0 Å². The van der Waals surface area contributed by atoms with Crippen LogP contribution in [0, 0.1) is 11.3 Å². The molecule has 2 heterocycles. The van der Waals surface area contributed by atoms with E-state index in [9.17, 15) is 30.6 Å². The normalized spacial score (nSPS) is 28.8. The summed E-state index contributed by atoms with van der Waals surface area (Å²) in [6.07, 6.45) is 15.8. The van der Waals surface area contributed by atoms with E-state index in [4.69, 9.17) is 4.74 Å². The SMILES string of the molecule is Oc1ccc(C=Cc2c(CCc3ccc(CNC4CC5CCC6CCCC7(CCC(O)C7)C6(C4)O5)cc3)c(O)c(O)c3c(O)cccc23)cc1O. The lowest BCUT2D eigenvalue weighted by Gasteiger charge is -2.63. The maximum absolute atomic E-state index is 11.2. The predicted octanol–water partition coefficient (Wildman–Crippen LogP) is 7.82. The van der Waals surface area contributed by atoms with Gasteiger partial charge < -0.3 is 40.7 Å². The Morgan fingerprint density at radius 2 is 1.59 bits per heavy atom. The number of phenolic OH excluding ortho intramolecular Hbond substituents is 5. The number of ether oxygens (including phenoxy) is 1. The van der Waals surface area contributed by atoms with Gasteiger partial charge in [-0.25, -0.2) is 0 Å². The Kier molecular flexibility index (Phi) is 8.89. The maximum atomic E-state index is 11.2. The van der Waals surface area contributed by atoms with Crippen LogP contribution < -0.4 is 5.32 Å². The summed E-state index contributed by atoms with van der Waals surface area (Å²) in [7, 11) is 0. The summed E-state index contributed by atoms with van der Waals surface area (Å²) in [5.41, 5.74) is 4.16. The molecule has 7 N–H and O–H groups in total. The molecule has 4 aromatic carbocycles. The molecular formula is C43H49NO7. The number of rotatable bonds is 8. The zero-order valence-electron chi connectivity index (χ0n) is 29.0. The third kappa shape index (κ3) is 6.11. The van der Waals surface area contributed by atoms with Gasteiger partial charge in [-0.1, -0.05) is 61.0 Å². The number of nitrogens with one attached hydrogen (secondary N) is 1. The van der Waals surface area contributed by atoms with E-state index in [-0.39, 0.29) is 51.3 Å². The first-order valence-corrected chi connectivity index (χ1v) is 18.7. The van der Waals surface area contributed by atoms with E-state index < -0.39 is 0 Å². The van der Waals surface area contributed by atoms with E-state index in [0.29, 0.717) is 53.0 Å². The molecule has 2 aliphatic carbocycles. The van der Waals surface area contributed by atoms with E-state index in [0.717, 1.165) is 50.6 Å². The van der Waals surface area contributed by atoms with Crippen molar-refractivity contribution in [2.24, 2.45) is 11.3 Å². The van der Waals surface area contributed by atoms with Crippen LogP contribution >= 0.6 is 0 Å². The zero-order valence-corrected chi connectivity index (χ0v) is 29.0. The Morgan fingerprint density at radius 3 is 2.37 bits per heavy atom. The van der Waals surface area contributed by atoms with Gasteiger partial charge in [0.05, 0.1) is 23.2 Å². The number of aromatic hydroxyl groups is 5. The van der Waals surface area contributed by atoms with Gasteiger partial charge in [-0.05, 0) is 122 Å². The smallest absolute Gasteiger partial charge is 0.169 e. The Morgan fingerprint density at radius 1 is 0.765 bits per heavy atom. The highest BCUT2D eigenvalue weighted by atomic mass is 16.5. The lowest BCUT2D eigenvalue weighted by Crippen LogP contribution is -2.66. The summed E-state index contributed by atoms with van der Waals surface area (Å²) >= 11 is 0. The molecule has 4 aromatic rings. The molecule has 2 saturated carbocycles. The highest BCUT2D eigenvalue weighted by Crippen LogP contribution is 2.64. The fourth-order valence-electron chi connectivity index (χ4n) is 10.3. The van der Waals surface area contributed by atoms with Crippen molar-refractivity contribution in [3.8, 4) is 28.7 Å². The molecule has 6 unspecified atom stereocenters. The second-order valence-electron chi connectivity index (χ2n) is 15.7. The molecule has 8 nitrogen and oxygen atoms in total. The van der Waals surface area contributed by atoms with Crippen LogP contribution in [0.15, 0.2) is 60.7 Å². The van der Waals surface area contributed by atoms with Gasteiger partial charge in [0, 0.05) is 23.6 Å². The van der Waals surface area contributed by atoms with Gasteiger partial charge in [0.25, 0.3) is 0 Å². The minimum Gasteiger partial charge on any atom is -0.507 e. The number of hydrogen-bond donors (Lipinski definition) is 7. The quantitative estimate of drug-likeness (QED) is 0.0733. The average Bonchev–Trinajstić information content (AvgIpc) is 3.51. The van der Waals surface area contributed by atoms with E-state index in [1.807, 2.05) is 0 Å². The number of aryl methyl sites for hydroxylation is 1. The van der Waals surface area contributed by atoms with Crippen LogP contribution in [0.25, 0.3) is 22.9 Å². The Hall–Kier alpha value is -4.24. The number of hydrogen-bond acceptors (Lipinski definition) is 8. The van der Waals surface area contributed by atoms with Gasteiger partial charge in [0.1, 0.15) is 5.75 Å². The summed E-state index contributed by atoms with van der Waals surface area (Å²) in [5.74, 6) is -0.610. The van der Waals surface area contributed by atoms with Crippen LogP contribution in [0.3, 0.4) is 0 Å². The van der Waals surface area contributed by atoms with Gasteiger partial charge in [0.15, 0.2) is 23.0 Å². The Bertz CT molecular complexity index is 1950. The van der Waals surface area contributed by atoms with E-state index in [1.165, 1.54) is 49.4 Å². The molecule has 51 heavy (non-hydrogen) atoms. The van der Waals surface area contributed by atoms with Crippen LogP contribution in [0.4, 0.5) is 0 Å². The van der Waals surface area contributed by atoms with Crippen LogP contribution in [0.2, 0.25) is 0 Å². The molecule has 2 saturated heterocycles. The van der Waals surface area contributed by atoms with Crippen molar-refractivity contribution in [1.29, 1.82) is 0 Å². The highest BCUT2D eigenvalue weighted by Gasteiger charge is 2.64. The first-order valence-electron chi connectivity index (χ1n) is 18.7. The maximum Gasteiger partial charge on any atom is 0.169 e. The molecule has 268 valence electrons. The van der Waals surface area contributed by atoms with Crippen molar-refractivity contribution < 1.29 is 35.4 Å². The van der Waals surface area contributed by atoms with Crippen molar-refractivity contribution in [2.45, 2.75) is 107 Å². The lowest BCUT2D eigenvalue weighted by atomic mass is 9.52. The number of aliphatic hydroxyl groups is 1.